The van der Waals surface area contributed by atoms with E-state index in [0.717, 1.165) is 12.0 Å². The van der Waals surface area contributed by atoms with Crippen molar-refractivity contribution in [2.75, 3.05) is 0 Å². The minimum atomic E-state index is 0. The molecule has 0 aliphatic heterocycles. The molecule has 0 unspecified atom stereocenters. The Morgan fingerprint density at radius 1 is 0.731 bits per heavy atom. The second kappa shape index (κ2) is 18.2. The largest absolute Gasteiger partial charge is 0.389 e. The molecule has 2 N–H and O–H groups in total. The number of hydrogen-bond acceptors (Lipinski definition) is 1. The molecule has 1 rings (SSSR count). The lowest BCUT2D eigenvalue weighted by molar-refractivity contribution is 0.535. The van der Waals surface area contributed by atoms with Gasteiger partial charge in [0.05, 0.1) is 0 Å². The number of benzene rings is 1. The third-order valence-corrected chi connectivity index (χ3v) is 5.30. The van der Waals surface area contributed by atoms with Gasteiger partial charge in [-0.3, -0.25) is 0 Å². The first-order valence-electron chi connectivity index (χ1n) is 10.6. The highest BCUT2D eigenvalue weighted by atomic mass is 127. The number of nitrogens with two attached hydrogens (primary N) is 1. The van der Waals surface area contributed by atoms with Crippen LogP contribution in [0.15, 0.2) is 24.3 Å². The molecule has 0 aliphatic carbocycles. The summed E-state index contributed by atoms with van der Waals surface area (Å²) in [5.74, 6) is 0. The van der Waals surface area contributed by atoms with Gasteiger partial charge >= 0.3 is 0 Å². The molecule has 1 nitrogen and oxygen atoms in total. The van der Waals surface area contributed by atoms with Gasteiger partial charge in [0.1, 0.15) is 4.99 Å². The van der Waals surface area contributed by atoms with Crippen LogP contribution in [0, 0.1) is 0 Å². The van der Waals surface area contributed by atoms with Gasteiger partial charge in [0, 0.05) is 5.56 Å². The summed E-state index contributed by atoms with van der Waals surface area (Å²) in [6, 6.07) is 8.31. The molecule has 0 fully saturated rings. The zero-order chi connectivity index (χ0) is 18.2. The van der Waals surface area contributed by atoms with Crippen LogP contribution in [0.4, 0.5) is 0 Å². The molecule has 1 aromatic carbocycles. The third-order valence-electron chi connectivity index (χ3n) is 5.08. The first kappa shape index (κ1) is 25.8. The molecule has 0 aliphatic rings. The summed E-state index contributed by atoms with van der Waals surface area (Å²) in [7, 11) is 0. The zero-order valence-electron chi connectivity index (χ0n) is 16.8. The van der Waals surface area contributed by atoms with E-state index in [0.29, 0.717) is 4.99 Å². The highest BCUT2D eigenvalue weighted by Gasteiger charge is 2.03. The number of halogens is 1. The average molecular weight is 490 g/mol. The lowest BCUT2D eigenvalue weighted by Crippen LogP contribution is -2.12. The van der Waals surface area contributed by atoms with Crippen LogP contribution >= 0.6 is 36.2 Å². The lowest BCUT2D eigenvalue weighted by atomic mass is 10.00. The van der Waals surface area contributed by atoms with Gasteiger partial charge in [-0.2, -0.15) is 0 Å². The van der Waals surface area contributed by atoms with Gasteiger partial charge in [-0.05, 0) is 18.4 Å². The second-order valence-electron chi connectivity index (χ2n) is 7.37. The van der Waals surface area contributed by atoms with Crippen molar-refractivity contribution in [3.05, 3.63) is 35.4 Å². The molecule has 26 heavy (non-hydrogen) atoms. The fraction of sp³-hybridized carbons (Fsp3) is 0.696. The Morgan fingerprint density at radius 2 is 1.15 bits per heavy atom. The molecule has 1 aromatic rings. The predicted molar refractivity (Wildman–Crippen MR) is 132 cm³/mol. The number of unbranched alkanes of at least 4 members (excludes halogenated alkanes) is 13. The molecule has 0 amide bonds. The normalized spacial score (nSPS) is 10.5. The minimum Gasteiger partial charge on any atom is -0.389 e. The Kier molecular flexibility index (Phi) is 18.1. The summed E-state index contributed by atoms with van der Waals surface area (Å²) in [6.45, 7) is 2.29. The van der Waals surface area contributed by atoms with Crippen LogP contribution in [0.25, 0.3) is 0 Å². The Morgan fingerprint density at radius 3 is 1.62 bits per heavy atom. The summed E-state index contributed by atoms with van der Waals surface area (Å²) in [6.07, 6.45) is 20.7. The van der Waals surface area contributed by atoms with E-state index in [1.807, 2.05) is 12.1 Å². The fourth-order valence-corrected chi connectivity index (χ4v) is 3.69. The van der Waals surface area contributed by atoms with Crippen molar-refractivity contribution in [1.29, 1.82) is 0 Å². The zero-order valence-corrected chi connectivity index (χ0v) is 20.0. The minimum absolute atomic E-state index is 0. The van der Waals surface area contributed by atoms with Gasteiger partial charge in [-0.15, -0.1) is 24.0 Å². The van der Waals surface area contributed by atoms with Crippen molar-refractivity contribution in [2.24, 2.45) is 5.73 Å². The highest BCUT2D eigenvalue weighted by Crippen LogP contribution is 2.15. The van der Waals surface area contributed by atoms with E-state index in [1.165, 1.54) is 95.5 Å². The number of thiocarbonyl (C=S) groups is 1. The van der Waals surface area contributed by atoms with Crippen molar-refractivity contribution in [3.63, 3.8) is 0 Å². The van der Waals surface area contributed by atoms with Crippen LogP contribution in [-0.4, -0.2) is 4.99 Å². The number of hydrogen-bond donors (Lipinski definition) is 1. The summed E-state index contributed by atoms with van der Waals surface area (Å²) in [4.78, 5) is 0.529. The van der Waals surface area contributed by atoms with Gasteiger partial charge in [-0.25, -0.2) is 0 Å². The highest BCUT2D eigenvalue weighted by molar-refractivity contribution is 14.0. The van der Waals surface area contributed by atoms with Crippen molar-refractivity contribution < 1.29 is 0 Å². The molecular weight excluding hydrogens is 449 g/mol. The Hall–Kier alpha value is -0.160. The maximum absolute atomic E-state index is 5.80. The SMILES string of the molecule is CCCCCCCCCCCCCCCCc1ccccc1C(N)=S.I. The molecule has 0 spiro atoms. The summed E-state index contributed by atoms with van der Waals surface area (Å²) < 4.78 is 0. The van der Waals surface area contributed by atoms with Gasteiger partial charge < -0.3 is 5.73 Å². The molecule has 0 saturated carbocycles. The maximum atomic E-state index is 5.80. The molecular formula is C23H40INS. The van der Waals surface area contributed by atoms with E-state index >= 15 is 0 Å². The van der Waals surface area contributed by atoms with Crippen LogP contribution in [0.2, 0.25) is 0 Å². The predicted octanol–water partition coefficient (Wildman–Crippen LogP) is 7.96. The average Bonchev–Trinajstić information content (AvgIpc) is 2.62. The summed E-state index contributed by atoms with van der Waals surface area (Å²) in [5, 5.41) is 0. The lowest BCUT2D eigenvalue weighted by Gasteiger charge is -2.08. The van der Waals surface area contributed by atoms with Crippen LogP contribution < -0.4 is 5.73 Å². The second-order valence-corrected chi connectivity index (χ2v) is 7.81. The van der Waals surface area contributed by atoms with Crippen molar-refractivity contribution in [3.8, 4) is 0 Å². The number of rotatable bonds is 16. The first-order chi connectivity index (χ1) is 12.3. The van der Waals surface area contributed by atoms with E-state index in [4.69, 9.17) is 18.0 Å². The molecule has 0 heterocycles. The molecule has 150 valence electrons. The first-order valence-corrected chi connectivity index (χ1v) is 11.0. The smallest absolute Gasteiger partial charge is 0.104 e. The topological polar surface area (TPSA) is 26.0 Å². The molecule has 0 aromatic heterocycles. The summed E-state index contributed by atoms with van der Waals surface area (Å²) in [5.41, 5.74) is 8.17. The molecule has 0 bridgehead atoms. The van der Waals surface area contributed by atoms with Gasteiger partial charge in [0.2, 0.25) is 0 Å². The molecule has 0 atom stereocenters. The van der Waals surface area contributed by atoms with E-state index in [1.54, 1.807) is 0 Å². The van der Waals surface area contributed by atoms with Crippen molar-refractivity contribution in [2.45, 2.75) is 103 Å². The Bertz CT molecular complexity index is 461. The fourth-order valence-electron chi connectivity index (χ4n) is 3.49. The quantitative estimate of drug-likeness (QED) is 0.145. The van der Waals surface area contributed by atoms with Crippen LogP contribution in [-0.2, 0) is 6.42 Å². The van der Waals surface area contributed by atoms with E-state index in [2.05, 4.69) is 19.1 Å². The monoisotopic (exact) mass is 489 g/mol. The van der Waals surface area contributed by atoms with Crippen LogP contribution in [0.1, 0.15) is 108 Å². The van der Waals surface area contributed by atoms with Gasteiger partial charge in [0.15, 0.2) is 0 Å². The van der Waals surface area contributed by atoms with E-state index in [-0.39, 0.29) is 24.0 Å². The van der Waals surface area contributed by atoms with Gasteiger partial charge in [-0.1, -0.05) is 127 Å². The molecule has 0 saturated heterocycles. The van der Waals surface area contributed by atoms with E-state index in [9.17, 15) is 0 Å². The van der Waals surface area contributed by atoms with Crippen LogP contribution in [0.3, 0.4) is 0 Å². The molecule has 0 radical (unpaired) electrons. The standard InChI is InChI=1S/C23H39NS.HI/c1-2-3-4-5-6-7-8-9-10-11-12-13-14-15-18-21-19-16-17-20-22(21)23(24)25;/h16-17,19-20H,2-15,18H2,1H3,(H2,24,25);1H. The van der Waals surface area contributed by atoms with Crippen LogP contribution in [0.5, 0.6) is 0 Å². The summed E-state index contributed by atoms with van der Waals surface area (Å²) >= 11 is 5.13. The maximum Gasteiger partial charge on any atom is 0.104 e. The van der Waals surface area contributed by atoms with Gasteiger partial charge in [0.25, 0.3) is 0 Å². The van der Waals surface area contributed by atoms with Crippen molar-refractivity contribution >= 4 is 41.2 Å². The van der Waals surface area contributed by atoms with Crippen molar-refractivity contribution in [1.82, 2.24) is 0 Å². The Balaban J connectivity index is 0.00000625. The Labute approximate surface area is 184 Å². The van der Waals surface area contributed by atoms with E-state index < -0.39 is 0 Å². The molecule has 3 heteroatoms. The number of aryl methyl sites for hydroxylation is 1. The third kappa shape index (κ3) is 13.1.